The topological polar surface area (TPSA) is 80.3 Å². The number of aryl methyl sites for hydroxylation is 3. The zero-order valence-electron chi connectivity index (χ0n) is 14.6. The van der Waals surface area contributed by atoms with Crippen LogP contribution in [0.25, 0.3) is 5.52 Å². The minimum Gasteiger partial charge on any atom is -0.388 e. The van der Waals surface area contributed by atoms with E-state index in [0.29, 0.717) is 5.82 Å². The van der Waals surface area contributed by atoms with Gasteiger partial charge in [-0.15, -0.1) is 0 Å². The van der Waals surface area contributed by atoms with Gasteiger partial charge in [-0.05, 0) is 49.6 Å². The fraction of sp³-hybridized carbons (Fsp3) is 0.222. The lowest BCUT2D eigenvalue weighted by atomic mass is 10.2. The number of rotatable bonds is 3. The molecule has 4 N–H and O–H groups in total. The normalized spacial score (nSPS) is 10.0. The summed E-state index contributed by atoms with van der Waals surface area (Å²) in [6, 6.07) is 5.98. The smallest absolute Gasteiger partial charge is 0.136 e. The highest BCUT2D eigenvalue weighted by molar-refractivity contribution is 5.62. The van der Waals surface area contributed by atoms with Crippen molar-refractivity contribution in [2.75, 3.05) is 17.7 Å². The van der Waals surface area contributed by atoms with Gasteiger partial charge < -0.3 is 16.4 Å². The van der Waals surface area contributed by atoms with Gasteiger partial charge in [-0.2, -0.15) is 5.10 Å². The van der Waals surface area contributed by atoms with Gasteiger partial charge in [0.2, 0.25) is 0 Å². The van der Waals surface area contributed by atoms with Gasteiger partial charge >= 0.3 is 0 Å². The molecule has 0 atom stereocenters. The Hall–Kier alpha value is -3.02. The maximum absolute atomic E-state index is 5.43. The van der Waals surface area contributed by atoms with Crippen LogP contribution in [0.2, 0.25) is 0 Å². The van der Waals surface area contributed by atoms with E-state index in [1.165, 1.54) is 16.7 Å². The lowest BCUT2D eigenvalue weighted by molar-refractivity contribution is 0.900. The number of nitrogens with one attached hydrogen (secondary N) is 2. The first kappa shape index (κ1) is 17.3. The van der Waals surface area contributed by atoms with Crippen LogP contribution in [0.15, 0.2) is 49.3 Å². The van der Waals surface area contributed by atoms with E-state index in [-0.39, 0.29) is 0 Å². The van der Waals surface area contributed by atoms with E-state index in [0.717, 1.165) is 16.9 Å². The van der Waals surface area contributed by atoms with Gasteiger partial charge in [0.25, 0.3) is 0 Å². The minimum absolute atomic E-state index is 0.450. The molecule has 2 heterocycles. The fourth-order valence-electron chi connectivity index (χ4n) is 2.32. The van der Waals surface area contributed by atoms with Crippen LogP contribution >= 0.6 is 0 Å². The largest absolute Gasteiger partial charge is 0.388 e. The van der Waals surface area contributed by atoms with Gasteiger partial charge in [-0.1, -0.05) is 12.6 Å². The number of fused-ring (bicyclic) bond motifs is 1. The molecule has 24 heavy (non-hydrogen) atoms. The molecule has 0 bridgehead atoms. The summed E-state index contributed by atoms with van der Waals surface area (Å²) in [6.45, 7) is 9.77. The maximum atomic E-state index is 5.43. The molecule has 126 valence electrons. The first-order valence-corrected chi connectivity index (χ1v) is 7.66. The second-order valence-electron chi connectivity index (χ2n) is 5.61. The van der Waals surface area contributed by atoms with Crippen molar-refractivity contribution < 1.29 is 0 Å². The van der Waals surface area contributed by atoms with Crippen LogP contribution in [0, 0.1) is 20.8 Å². The predicted octanol–water partition coefficient (Wildman–Crippen LogP) is 3.22. The number of anilines is 2. The molecule has 6 heteroatoms. The minimum atomic E-state index is 0.450. The van der Waals surface area contributed by atoms with Crippen molar-refractivity contribution in [3.05, 3.63) is 66.0 Å². The fourth-order valence-corrected chi connectivity index (χ4v) is 2.32. The van der Waals surface area contributed by atoms with Crippen molar-refractivity contribution >= 4 is 16.9 Å². The van der Waals surface area contributed by atoms with Crippen molar-refractivity contribution in [3.8, 4) is 0 Å². The monoisotopic (exact) mass is 324 g/mol. The van der Waals surface area contributed by atoms with Gasteiger partial charge in [0.1, 0.15) is 6.33 Å². The molecular formula is C18H24N6. The number of hydrogen-bond donors (Lipinski definition) is 3. The zero-order chi connectivity index (χ0) is 17.7. The molecule has 0 spiro atoms. The van der Waals surface area contributed by atoms with Crippen molar-refractivity contribution in [1.29, 1.82) is 0 Å². The Labute approximate surface area is 142 Å². The first-order chi connectivity index (χ1) is 11.4. The molecule has 3 rings (SSSR count). The molecule has 0 aliphatic heterocycles. The standard InChI is InChI=1S/C10H15N3.C8H9N3/c1-7-4-5-9(13-8(2)11)6-10(7)12-3;1-6-4-11-8(7(6)2)3-9-5-10-11/h4-6,12-13H,2,11H2,1,3H3;3-5H,1-2H3. The molecule has 0 aliphatic carbocycles. The lowest BCUT2D eigenvalue weighted by Gasteiger charge is -2.09. The molecule has 1 aromatic carbocycles. The van der Waals surface area contributed by atoms with E-state index in [2.05, 4.69) is 41.1 Å². The van der Waals surface area contributed by atoms with E-state index in [1.54, 1.807) is 6.33 Å². The summed E-state index contributed by atoms with van der Waals surface area (Å²) in [7, 11) is 1.89. The summed E-state index contributed by atoms with van der Waals surface area (Å²) in [5.74, 6) is 0.450. The van der Waals surface area contributed by atoms with Gasteiger partial charge in [0.15, 0.2) is 0 Å². The van der Waals surface area contributed by atoms with Crippen LogP contribution in [-0.2, 0) is 0 Å². The summed E-state index contributed by atoms with van der Waals surface area (Å²) in [4.78, 5) is 3.96. The van der Waals surface area contributed by atoms with Crippen LogP contribution in [0.5, 0.6) is 0 Å². The molecular weight excluding hydrogens is 300 g/mol. The average Bonchev–Trinajstić information content (AvgIpc) is 2.84. The Morgan fingerprint density at radius 3 is 2.58 bits per heavy atom. The first-order valence-electron chi connectivity index (χ1n) is 7.66. The van der Waals surface area contributed by atoms with Gasteiger partial charge in [-0.3, -0.25) is 0 Å². The highest BCUT2D eigenvalue weighted by Crippen LogP contribution is 2.19. The highest BCUT2D eigenvalue weighted by atomic mass is 15.2. The van der Waals surface area contributed by atoms with Crippen LogP contribution < -0.4 is 16.4 Å². The average molecular weight is 324 g/mol. The van der Waals surface area contributed by atoms with E-state index in [9.17, 15) is 0 Å². The molecule has 0 unspecified atom stereocenters. The lowest BCUT2D eigenvalue weighted by Crippen LogP contribution is -2.07. The summed E-state index contributed by atoms with van der Waals surface area (Å²) >= 11 is 0. The van der Waals surface area contributed by atoms with Crippen LogP contribution in [0.4, 0.5) is 11.4 Å². The Morgan fingerprint density at radius 2 is 1.96 bits per heavy atom. The molecule has 0 aliphatic rings. The van der Waals surface area contributed by atoms with E-state index in [4.69, 9.17) is 5.73 Å². The molecule has 0 amide bonds. The van der Waals surface area contributed by atoms with Crippen LogP contribution in [0.3, 0.4) is 0 Å². The van der Waals surface area contributed by atoms with Crippen molar-refractivity contribution in [1.82, 2.24) is 14.6 Å². The molecule has 0 saturated heterocycles. The van der Waals surface area contributed by atoms with Crippen LogP contribution in [0.1, 0.15) is 16.7 Å². The summed E-state index contributed by atoms with van der Waals surface area (Å²) in [5, 5.41) is 10.1. The van der Waals surface area contributed by atoms with Gasteiger partial charge in [0, 0.05) is 24.6 Å². The maximum Gasteiger partial charge on any atom is 0.136 e. The Bertz CT molecular complexity index is 850. The van der Waals surface area contributed by atoms with Gasteiger partial charge in [0.05, 0.1) is 17.5 Å². The third kappa shape index (κ3) is 4.04. The molecule has 0 saturated carbocycles. The predicted molar refractivity (Wildman–Crippen MR) is 100 cm³/mol. The second-order valence-corrected chi connectivity index (χ2v) is 5.61. The number of aromatic nitrogens is 3. The zero-order valence-corrected chi connectivity index (χ0v) is 14.6. The summed E-state index contributed by atoms with van der Waals surface area (Å²) < 4.78 is 1.84. The second kappa shape index (κ2) is 7.50. The van der Waals surface area contributed by atoms with E-state index < -0.39 is 0 Å². The Kier molecular flexibility index (Phi) is 5.42. The molecule has 0 fully saturated rings. The van der Waals surface area contributed by atoms with E-state index in [1.807, 2.05) is 49.1 Å². The van der Waals surface area contributed by atoms with Crippen molar-refractivity contribution in [3.63, 3.8) is 0 Å². The molecule has 2 aromatic heterocycles. The number of benzene rings is 1. The third-order valence-corrected chi connectivity index (χ3v) is 3.79. The summed E-state index contributed by atoms with van der Waals surface area (Å²) in [6.07, 6.45) is 5.38. The van der Waals surface area contributed by atoms with Crippen molar-refractivity contribution in [2.45, 2.75) is 20.8 Å². The highest BCUT2D eigenvalue weighted by Gasteiger charge is 2.01. The molecule has 3 aromatic rings. The SMILES string of the molecule is C=C(N)Nc1ccc(C)c(NC)c1.Cc1cn2ncncc2c1C. The third-order valence-electron chi connectivity index (χ3n) is 3.79. The quantitative estimate of drug-likeness (QED) is 0.689. The van der Waals surface area contributed by atoms with Crippen LogP contribution in [-0.4, -0.2) is 21.6 Å². The van der Waals surface area contributed by atoms with E-state index >= 15 is 0 Å². The Balaban J connectivity index is 0.000000175. The Morgan fingerprint density at radius 1 is 1.21 bits per heavy atom. The molecule has 0 radical (unpaired) electrons. The summed E-state index contributed by atoms with van der Waals surface area (Å²) in [5.41, 5.74) is 12.3. The van der Waals surface area contributed by atoms with Gasteiger partial charge in [-0.25, -0.2) is 9.50 Å². The molecule has 6 nitrogen and oxygen atoms in total. The number of nitrogens with zero attached hydrogens (tertiary/aromatic N) is 3. The number of nitrogens with two attached hydrogens (primary N) is 1. The number of hydrogen-bond acceptors (Lipinski definition) is 5. The van der Waals surface area contributed by atoms with Crippen molar-refractivity contribution in [2.24, 2.45) is 5.73 Å².